The second-order valence-electron chi connectivity index (χ2n) is 7.44. The highest BCUT2D eigenvalue weighted by Gasteiger charge is 2.31. The van der Waals surface area contributed by atoms with Gasteiger partial charge in [-0.2, -0.15) is 5.10 Å². The SMILES string of the molecule is COc1cccc([C@@H]2CCCN2C(=O)Cn2nc(C(C)C)cc2C)c1C. The number of hydrogen-bond acceptors (Lipinski definition) is 3. The molecule has 1 fully saturated rings. The van der Waals surface area contributed by atoms with Gasteiger partial charge in [-0.15, -0.1) is 0 Å². The summed E-state index contributed by atoms with van der Waals surface area (Å²) in [6.45, 7) is 9.43. The first-order valence-corrected chi connectivity index (χ1v) is 9.39. The molecule has 2 aromatic rings. The molecular formula is C21H29N3O2. The van der Waals surface area contributed by atoms with Crippen LogP contribution in [-0.2, 0) is 11.3 Å². The Kier molecular flexibility index (Phi) is 5.35. The van der Waals surface area contributed by atoms with E-state index < -0.39 is 0 Å². The van der Waals surface area contributed by atoms with E-state index in [0.29, 0.717) is 12.5 Å². The highest BCUT2D eigenvalue weighted by molar-refractivity contribution is 5.77. The Morgan fingerprint density at radius 2 is 2.12 bits per heavy atom. The summed E-state index contributed by atoms with van der Waals surface area (Å²) in [5, 5.41) is 4.61. The van der Waals surface area contributed by atoms with E-state index in [1.54, 1.807) is 7.11 Å². The average Bonchev–Trinajstić information content (AvgIpc) is 3.22. The number of nitrogens with zero attached hydrogens (tertiary/aromatic N) is 3. The molecule has 1 amide bonds. The molecule has 1 aromatic heterocycles. The second kappa shape index (κ2) is 7.52. The number of amides is 1. The number of aromatic nitrogens is 2. The van der Waals surface area contributed by atoms with Gasteiger partial charge in [0.15, 0.2) is 0 Å². The molecule has 3 rings (SSSR count). The maximum atomic E-state index is 13.0. The minimum atomic E-state index is 0.123. The molecular weight excluding hydrogens is 326 g/mol. The number of methoxy groups -OCH3 is 1. The minimum Gasteiger partial charge on any atom is -0.496 e. The van der Waals surface area contributed by atoms with Crippen molar-refractivity contribution in [2.75, 3.05) is 13.7 Å². The summed E-state index contributed by atoms with van der Waals surface area (Å²) in [5.41, 5.74) is 4.39. The molecule has 1 atom stereocenters. The quantitative estimate of drug-likeness (QED) is 0.814. The van der Waals surface area contributed by atoms with Crippen LogP contribution in [0.1, 0.15) is 61.2 Å². The number of benzene rings is 1. The maximum absolute atomic E-state index is 13.0. The molecule has 5 nitrogen and oxygen atoms in total. The Hall–Kier alpha value is -2.30. The standard InChI is InChI=1S/C21H29N3O2/c1-14(2)18-12-15(3)24(22-18)13-21(25)23-11-7-9-19(23)17-8-6-10-20(26-5)16(17)4/h6,8,10,12,14,19H,7,9,11,13H2,1-5H3/t19-/m0/s1. The summed E-state index contributed by atoms with van der Waals surface area (Å²) < 4.78 is 7.30. The van der Waals surface area contributed by atoms with Crippen LogP contribution in [0.25, 0.3) is 0 Å². The van der Waals surface area contributed by atoms with Gasteiger partial charge in [-0.3, -0.25) is 9.48 Å². The van der Waals surface area contributed by atoms with Gasteiger partial charge in [0.25, 0.3) is 0 Å². The monoisotopic (exact) mass is 355 g/mol. The molecule has 5 heteroatoms. The van der Waals surface area contributed by atoms with Gasteiger partial charge in [0, 0.05) is 12.2 Å². The zero-order valence-corrected chi connectivity index (χ0v) is 16.5. The van der Waals surface area contributed by atoms with Crippen molar-refractivity contribution >= 4 is 5.91 Å². The molecule has 0 spiro atoms. The maximum Gasteiger partial charge on any atom is 0.244 e. The lowest BCUT2D eigenvalue weighted by atomic mass is 9.98. The summed E-state index contributed by atoms with van der Waals surface area (Å²) in [6.07, 6.45) is 2.03. The topological polar surface area (TPSA) is 47.4 Å². The third-order valence-electron chi connectivity index (χ3n) is 5.35. The van der Waals surface area contributed by atoms with Crippen LogP contribution in [0.3, 0.4) is 0 Å². The fraction of sp³-hybridized carbons (Fsp3) is 0.524. The molecule has 0 saturated carbocycles. The summed E-state index contributed by atoms with van der Waals surface area (Å²) in [5.74, 6) is 1.38. The number of hydrogen-bond donors (Lipinski definition) is 0. The Balaban J connectivity index is 1.81. The number of carbonyl (C=O) groups is 1. The van der Waals surface area contributed by atoms with E-state index in [2.05, 4.69) is 38.0 Å². The molecule has 1 aliphatic rings. The van der Waals surface area contributed by atoms with Crippen LogP contribution in [0.5, 0.6) is 5.75 Å². The fourth-order valence-corrected chi connectivity index (χ4v) is 3.80. The summed E-state index contributed by atoms with van der Waals surface area (Å²) in [7, 11) is 1.69. The van der Waals surface area contributed by atoms with Crippen molar-refractivity contribution in [3.63, 3.8) is 0 Å². The van der Waals surface area contributed by atoms with Crippen LogP contribution in [0, 0.1) is 13.8 Å². The van der Waals surface area contributed by atoms with E-state index in [-0.39, 0.29) is 11.9 Å². The molecule has 0 aliphatic carbocycles. The lowest BCUT2D eigenvalue weighted by Crippen LogP contribution is -2.34. The van der Waals surface area contributed by atoms with Crippen molar-refractivity contribution < 1.29 is 9.53 Å². The van der Waals surface area contributed by atoms with Gasteiger partial charge in [0.2, 0.25) is 5.91 Å². The van der Waals surface area contributed by atoms with Crippen LogP contribution >= 0.6 is 0 Å². The first-order valence-electron chi connectivity index (χ1n) is 9.39. The molecule has 0 N–H and O–H groups in total. The van der Waals surface area contributed by atoms with Crippen LogP contribution in [-0.4, -0.2) is 34.2 Å². The smallest absolute Gasteiger partial charge is 0.244 e. The lowest BCUT2D eigenvalue weighted by Gasteiger charge is -2.27. The first-order chi connectivity index (χ1) is 12.4. The number of rotatable bonds is 5. The Morgan fingerprint density at radius 3 is 2.77 bits per heavy atom. The molecule has 1 saturated heterocycles. The molecule has 0 radical (unpaired) electrons. The van der Waals surface area contributed by atoms with Crippen LogP contribution < -0.4 is 4.74 Å². The minimum absolute atomic E-state index is 0.123. The van der Waals surface area contributed by atoms with Gasteiger partial charge < -0.3 is 9.64 Å². The molecule has 2 heterocycles. The van der Waals surface area contributed by atoms with E-state index in [1.165, 1.54) is 5.56 Å². The molecule has 0 bridgehead atoms. The van der Waals surface area contributed by atoms with Gasteiger partial charge in [0.1, 0.15) is 12.3 Å². The second-order valence-corrected chi connectivity index (χ2v) is 7.44. The van der Waals surface area contributed by atoms with Gasteiger partial charge in [-0.1, -0.05) is 26.0 Å². The zero-order chi connectivity index (χ0) is 18.8. The molecule has 1 aliphatic heterocycles. The Labute approximate surface area is 156 Å². The van der Waals surface area contributed by atoms with Crippen molar-refractivity contribution in [1.82, 2.24) is 14.7 Å². The van der Waals surface area contributed by atoms with Crippen molar-refractivity contribution in [2.45, 2.75) is 59.0 Å². The van der Waals surface area contributed by atoms with Gasteiger partial charge >= 0.3 is 0 Å². The largest absolute Gasteiger partial charge is 0.496 e. The fourth-order valence-electron chi connectivity index (χ4n) is 3.80. The van der Waals surface area contributed by atoms with Gasteiger partial charge in [-0.25, -0.2) is 0 Å². The molecule has 1 aromatic carbocycles. The molecule has 0 unspecified atom stereocenters. The van der Waals surface area contributed by atoms with E-state index in [4.69, 9.17) is 4.74 Å². The third-order valence-corrected chi connectivity index (χ3v) is 5.35. The normalized spacial score (nSPS) is 17.2. The number of ether oxygens (including phenoxy) is 1. The predicted octanol–water partition coefficient (Wildman–Crippen LogP) is 4.00. The first kappa shape index (κ1) is 18.5. The Morgan fingerprint density at radius 1 is 1.35 bits per heavy atom. The highest BCUT2D eigenvalue weighted by Crippen LogP contribution is 2.36. The third kappa shape index (κ3) is 3.48. The molecule has 26 heavy (non-hydrogen) atoms. The number of carbonyl (C=O) groups excluding carboxylic acids is 1. The van der Waals surface area contributed by atoms with E-state index >= 15 is 0 Å². The zero-order valence-electron chi connectivity index (χ0n) is 16.5. The highest BCUT2D eigenvalue weighted by atomic mass is 16.5. The average molecular weight is 355 g/mol. The number of likely N-dealkylation sites (tertiary alicyclic amines) is 1. The van der Waals surface area contributed by atoms with E-state index in [9.17, 15) is 4.79 Å². The van der Waals surface area contributed by atoms with Crippen molar-refractivity contribution in [2.24, 2.45) is 0 Å². The predicted molar refractivity (Wildman–Crippen MR) is 102 cm³/mol. The van der Waals surface area contributed by atoms with E-state index in [1.807, 2.05) is 28.6 Å². The summed E-state index contributed by atoms with van der Waals surface area (Å²) >= 11 is 0. The summed E-state index contributed by atoms with van der Waals surface area (Å²) in [4.78, 5) is 15.0. The van der Waals surface area contributed by atoms with Gasteiger partial charge in [0.05, 0.1) is 18.8 Å². The van der Waals surface area contributed by atoms with Crippen LogP contribution in [0.4, 0.5) is 0 Å². The number of aryl methyl sites for hydroxylation is 1. The molecule has 140 valence electrons. The van der Waals surface area contributed by atoms with Crippen LogP contribution in [0.2, 0.25) is 0 Å². The van der Waals surface area contributed by atoms with E-state index in [0.717, 1.165) is 42.1 Å². The van der Waals surface area contributed by atoms with Crippen LogP contribution in [0.15, 0.2) is 24.3 Å². The Bertz CT molecular complexity index is 795. The van der Waals surface area contributed by atoms with Gasteiger partial charge in [-0.05, 0) is 55.9 Å². The lowest BCUT2D eigenvalue weighted by molar-refractivity contribution is -0.133. The summed E-state index contributed by atoms with van der Waals surface area (Å²) in [6, 6.07) is 8.29. The van der Waals surface area contributed by atoms with Crippen molar-refractivity contribution in [3.8, 4) is 5.75 Å². The van der Waals surface area contributed by atoms with Crippen molar-refractivity contribution in [3.05, 3.63) is 46.8 Å². The van der Waals surface area contributed by atoms with Crippen molar-refractivity contribution in [1.29, 1.82) is 0 Å².